The number of amides is 3. The molecule has 3 amide bonds. The van der Waals surface area contributed by atoms with Crippen molar-refractivity contribution in [1.82, 2.24) is 10.4 Å². The van der Waals surface area contributed by atoms with Gasteiger partial charge in [0, 0.05) is 31.4 Å². The molecule has 4 rings (SSSR count). The normalized spacial score (nSPS) is 15.3. The molecule has 188 valence electrons. The minimum Gasteiger partial charge on any atom is -0.449 e. The number of rotatable bonds is 9. The van der Waals surface area contributed by atoms with Crippen molar-refractivity contribution in [2.75, 3.05) is 12.4 Å². The van der Waals surface area contributed by atoms with Gasteiger partial charge in [-0.05, 0) is 35.1 Å². The number of benzene rings is 2. The third-order valence-corrected chi connectivity index (χ3v) is 6.95. The average Bonchev–Trinajstić information content (AvgIpc) is 3.36. The van der Waals surface area contributed by atoms with E-state index in [-0.39, 0.29) is 36.9 Å². The van der Waals surface area contributed by atoms with Crippen molar-refractivity contribution >= 4 is 40.8 Å². The predicted molar refractivity (Wildman–Crippen MR) is 132 cm³/mol. The van der Waals surface area contributed by atoms with Gasteiger partial charge in [0.25, 0.3) is 11.8 Å². The van der Waals surface area contributed by atoms with Crippen LogP contribution in [-0.2, 0) is 28.8 Å². The number of fused-ring (bicyclic) bond motifs is 3. The van der Waals surface area contributed by atoms with E-state index in [2.05, 4.69) is 5.32 Å². The van der Waals surface area contributed by atoms with Gasteiger partial charge in [-0.2, -0.15) is 0 Å². The van der Waals surface area contributed by atoms with E-state index in [0.29, 0.717) is 17.2 Å². The first-order valence-electron chi connectivity index (χ1n) is 11.7. The Balaban J connectivity index is 1.40. The van der Waals surface area contributed by atoms with Crippen LogP contribution in [0.15, 0.2) is 48.5 Å². The molecule has 1 heterocycles. The van der Waals surface area contributed by atoms with Crippen LogP contribution in [-0.4, -0.2) is 52.5 Å². The van der Waals surface area contributed by atoms with E-state index in [1.807, 2.05) is 48.5 Å². The number of nitrogens with one attached hydrogen (secondary N) is 1. The molecule has 0 aromatic heterocycles. The maximum absolute atomic E-state index is 12.7. The van der Waals surface area contributed by atoms with Crippen LogP contribution in [0.3, 0.4) is 0 Å². The van der Waals surface area contributed by atoms with Crippen LogP contribution in [0, 0.1) is 0 Å². The summed E-state index contributed by atoms with van der Waals surface area (Å²) in [6.45, 7) is 1.50. The number of carbonyl (C=O) groups excluding carboxylic acids is 5. The zero-order valence-corrected chi connectivity index (χ0v) is 20.5. The third-order valence-electron chi connectivity index (χ3n) is 6.05. The van der Waals surface area contributed by atoms with Crippen molar-refractivity contribution in [3.63, 3.8) is 0 Å². The lowest BCUT2D eigenvalue weighted by Gasteiger charge is -2.21. The van der Waals surface area contributed by atoms with Crippen molar-refractivity contribution in [2.45, 2.75) is 44.6 Å². The number of nitrogens with zero attached hydrogens (tertiary/aromatic N) is 1. The fraction of sp³-hybridized carbons (Fsp3) is 0.346. The Kier molecular flexibility index (Phi) is 8.04. The Morgan fingerprint density at radius 1 is 1.00 bits per heavy atom. The molecule has 10 heteroatoms. The fourth-order valence-corrected chi connectivity index (χ4v) is 4.94. The van der Waals surface area contributed by atoms with Crippen LogP contribution in [0.2, 0.25) is 0 Å². The molecule has 36 heavy (non-hydrogen) atoms. The van der Waals surface area contributed by atoms with E-state index in [1.165, 1.54) is 6.92 Å². The Morgan fingerprint density at radius 3 is 2.17 bits per heavy atom. The summed E-state index contributed by atoms with van der Waals surface area (Å²) >= 11 is 1.10. The van der Waals surface area contributed by atoms with Crippen LogP contribution in [0.4, 0.5) is 4.79 Å². The second kappa shape index (κ2) is 11.4. The lowest BCUT2D eigenvalue weighted by Crippen LogP contribution is -2.45. The Morgan fingerprint density at radius 2 is 1.58 bits per heavy atom. The summed E-state index contributed by atoms with van der Waals surface area (Å²) in [6, 6.07) is 14.7. The molecule has 0 radical (unpaired) electrons. The largest absolute Gasteiger partial charge is 0.449 e. The van der Waals surface area contributed by atoms with Crippen LogP contribution in [0.1, 0.15) is 49.7 Å². The molecule has 1 fully saturated rings. The molecule has 1 saturated heterocycles. The molecule has 2 aromatic rings. The molecule has 0 saturated carbocycles. The second-order valence-corrected chi connectivity index (χ2v) is 9.77. The zero-order valence-electron chi connectivity index (χ0n) is 19.7. The number of carbonyl (C=O) groups is 5. The van der Waals surface area contributed by atoms with E-state index in [1.54, 1.807) is 0 Å². The molecule has 1 aliphatic carbocycles. The number of hydroxylamine groups is 2. The summed E-state index contributed by atoms with van der Waals surface area (Å²) in [5.41, 5.74) is 4.28. The number of hydrogen-bond donors (Lipinski definition) is 1. The molecule has 9 nitrogen and oxygen atoms in total. The SMILES string of the molecule is CC(=O)SCCCC(NC(=O)OCC1c2ccccc2-c2ccccc21)C(=O)ON1C(=O)CCC1=O. The molecule has 1 atom stereocenters. The van der Waals surface area contributed by atoms with Crippen molar-refractivity contribution in [2.24, 2.45) is 0 Å². The molecule has 1 aliphatic heterocycles. The number of hydrogen-bond acceptors (Lipinski definition) is 8. The van der Waals surface area contributed by atoms with Crippen LogP contribution < -0.4 is 5.32 Å². The second-order valence-electron chi connectivity index (χ2n) is 8.50. The lowest BCUT2D eigenvalue weighted by molar-refractivity contribution is -0.199. The number of thioether (sulfide) groups is 1. The van der Waals surface area contributed by atoms with Gasteiger partial charge in [0.2, 0.25) is 0 Å². The van der Waals surface area contributed by atoms with E-state index in [4.69, 9.17) is 9.57 Å². The van der Waals surface area contributed by atoms with E-state index in [9.17, 15) is 24.0 Å². The van der Waals surface area contributed by atoms with Gasteiger partial charge in [0.15, 0.2) is 5.12 Å². The summed E-state index contributed by atoms with van der Waals surface area (Å²) in [6.07, 6.45) is -0.343. The van der Waals surface area contributed by atoms with Gasteiger partial charge in [-0.3, -0.25) is 14.4 Å². The summed E-state index contributed by atoms with van der Waals surface area (Å²) < 4.78 is 5.51. The number of alkyl carbamates (subject to hydrolysis) is 1. The molecular formula is C26H26N2O7S. The molecule has 1 unspecified atom stereocenters. The van der Waals surface area contributed by atoms with Crippen LogP contribution in [0.25, 0.3) is 11.1 Å². The van der Waals surface area contributed by atoms with Gasteiger partial charge in [-0.15, -0.1) is 5.06 Å². The van der Waals surface area contributed by atoms with Crippen LogP contribution >= 0.6 is 11.8 Å². The van der Waals surface area contributed by atoms with Crippen molar-refractivity contribution in [3.05, 3.63) is 59.7 Å². The number of imide groups is 1. The molecule has 0 spiro atoms. The van der Waals surface area contributed by atoms with Gasteiger partial charge >= 0.3 is 12.1 Å². The quantitative estimate of drug-likeness (QED) is 0.402. The topological polar surface area (TPSA) is 119 Å². The molecule has 0 bridgehead atoms. The minimum absolute atomic E-state index is 0.0359. The summed E-state index contributed by atoms with van der Waals surface area (Å²) in [5.74, 6) is -1.88. The summed E-state index contributed by atoms with van der Waals surface area (Å²) in [7, 11) is 0. The highest BCUT2D eigenvalue weighted by Crippen LogP contribution is 2.44. The monoisotopic (exact) mass is 510 g/mol. The van der Waals surface area contributed by atoms with E-state index < -0.39 is 29.9 Å². The maximum Gasteiger partial charge on any atom is 0.407 e. The number of ether oxygens (including phenoxy) is 1. The lowest BCUT2D eigenvalue weighted by atomic mass is 9.98. The van der Waals surface area contributed by atoms with Gasteiger partial charge in [0.05, 0.1) is 0 Å². The minimum atomic E-state index is -1.16. The van der Waals surface area contributed by atoms with Crippen molar-refractivity contribution < 1.29 is 33.5 Å². The Bertz CT molecular complexity index is 1140. The first kappa shape index (κ1) is 25.4. The van der Waals surface area contributed by atoms with Crippen molar-refractivity contribution in [3.8, 4) is 11.1 Å². The Labute approximate surface area is 212 Å². The van der Waals surface area contributed by atoms with Crippen molar-refractivity contribution in [1.29, 1.82) is 0 Å². The van der Waals surface area contributed by atoms with Gasteiger partial charge in [-0.1, -0.05) is 60.3 Å². The van der Waals surface area contributed by atoms with E-state index in [0.717, 1.165) is 34.0 Å². The zero-order chi connectivity index (χ0) is 25.7. The molecular weight excluding hydrogens is 484 g/mol. The first-order valence-corrected chi connectivity index (χ1v) is 12.7. The smallest absolute Gasteiger partial charge is 0.407 e. The van der Waals surface area contributed by atoms with Gasteiger partial charge in [0.1, 0.15) is 12.6 Å². The summed E-state index contributed by atoms with van der Waals surface area (Å²) in [4.78, 5) is 65.3. The van der Waals surface area contributed by atoms with Crippen LogP contribution in [0.5, 0.6) is 0 Å². The third kappa shape index (κ3) is 5.76. The average molecular weight is 511 g/mol. The highest BCUT2D eigenvalue weighted by atomic mass is 32.2. The Hall–Kier alpha value is -3.66. The van der Waals surface area contributed by atoms with Gasteiger partial charge in [-0.25, -0.2) is 9.59 Å². The maximum atomic E-state index is 12.7. The fourth-order valence-electron chi connectivity index (χ4n) is 4.35. The molecule has 2 aromatic carbocycles. The molecule has 2 aliphatic rings. The van der Waals surface area contributed by atoms with Gasteiger partial charge < -0.3 is 14.9 Å². The molecule has 1 N–H and O–H groups in total. The standard InChI is InChI=1S/C26H26N2O7S/c1-16(29)36-14-6-11-22(25(32)35-28-23(30)12-13-24(28)31)27-26(33)34-15-21-19-9-4-2-7-17(19)18-8-3-5-10-20(18)21/h2-5,7-10,21-22H,6,11-15H2,1H3,(H,27,33). The summed E-state index contributed by atoms with van der Waals surface area (Å²) in [5, 5.41) is 2.88. The van der Waals surface area contributed by atoms with E-state index >= 15 is 0 Å². The highest BCUT2D eigenvalue weighted by molar-refractivity contribution is 8.13. The highest BCUT2D eigenvalue weighted by Gasteiger charge is 2.36. The first-order chi connectivity index (χ1) is 17.3. The predicted octanol–water partition coefficient (Wildman–Crippen LogP) is 3.56.